The van der Waals surface area contributed by atoms with Crippen molar-refractivity contribution in [2.75, 3.05) is 5.73 Å². The summed E-state index contributed by atoms with van der Waals surface area (Å²) in [5.41, 5.74) is 9.50. The Balaban J connectivity index is 1.95. The standard InChI is InChI=1S/C13H19NS/c1-10-11(5-4-8-13(10)14)9-15-12-6-2-3-7-12/h4-5,8,12H,2-3,6-7,9,14H2,1H3. The van der Waals surface area contributed by atoms with Crippen LogP contribution in [0.15, 0.2) is 18.2 Å². The molecule has 0 atom stereocenters. The number of rotatable bonds is 3. The predicted molar refractivity (Wildman–Crippen MR) is 69.1 cm³/mol. The van der Waals surface area contributed by atoms with Crippen LogP contribution >= 0.6 is 11.8 Å². The molecule has 0 saturated heterocycles. The van der Waals surface area contributed by atoms with Crippen LogP contribution in [-0.4, -0.2) is 5.25 Å². The fourth-order valence-corrected chi connectivity index (χ4v) is 3.52. The molecule has 0 aliphatic heterocycles. The van der Waals surface area contributed by atoms with Gasteiger partial charge in [-0.3, -0.25) is 0 Å². The molecule has 2 rings (SSSR count). The largest absolute Gasteiger partial charge is 0.399 e. The van der Waals surface area contributed by atoms with Crippen molar-refractivity contribution in [3.63, 3.8) is 0 Å². The Morgan fingerprint density at radius 1 is 1.33 bits per heavy atom. The molecule has 1 aromatic carbocycles. The van der Waals surface area contributed by atoms with E-state index in [4.69, 9.17) is 5.73 Å². The van der Waals surface area contributed by atoms with E-state index >= 15 is 0 Å². The first kappa shape index (κ1) is 10.9. The molecule has 0 amide bonds. The number of nitrogen functional groups attached to an aromatic ring is 1. The molecule has 1 saturated carbocycles. The summed E-state index contributed by atoms with van der Waals surface area (Å²) in [5.74, 6) is 1.13. The Morgan fingerprint density at radius 3 is 2.80 bits per heavy atom. The molecule has 1 aliphatic rings. The van der Waals surface area contributed by atoms with E-state index in [1.165, 1.54) is 36.8 Å². The lowest BCUT2D eigenvalue weighted by Crippen LogP contribution is -1.98. The Kier molecular flexibility index (Phi) is 3.57. The fourth-order valence-electron chi connectivity index (χ4n) is 2.12. The molecule has 1 aliphatic carbocycles. The second-order valence-corrected chi connectivity index (χ2v) is 5.64. The highest BCUT2D eigenvalue weighted by molar-refractivity contribution is 7.99. The topological polar surface area (TPSA) is 26.0 Å². The molecule has 2 heteroatoms. The summed E-state index contributed by atoms with van der Waals surface area (Å²) >= 11 is 2.10. The minimum Gasteiger partial charge on any atom is -0.399 e. The van der Waals surface area contributed by atoms with E-state index < -0.39 is 0 Å². The van der Waals surface area contributed by atoms with Crippen molar-refractivity contribution >= 4 is 17.4 Å². The zero-order chi connectivity index (χ0) is 10.7. The van der Waals surface area contributed by atoms with E-state index in [1.54, 1.807) is 0 Å². The molecule has 0 radical (unpaired) electrons. The van der Waals surface area contributed by atoms with E-state index in [0.29, 0.717) is 0 Å². The normalized spacial score (nSPS) is 17.1. The van der Waals surface area contributed by atoms with Crippen molar-refractivity contribution in [1.29, 1.82) is 0 Å². The highest BCUT2D eigenvalue weighted by atomic mass is 32.2. The molecule has 15 heavy (non-hydrogen) atoms. The van der Waals surface area contributed by atoms with Gasteiger partial charge >= 0.3 is 0 Å². The second kappa shape index (κ2) is 4.93. The summed E-state index contributed by atoms with van der Waals surface area (Å²) in [4.78, 5) is 0. The third-order valence-corrected chi connectivity index (χ3v) is 4.69. The Morgan fingerprint density at radius 2 is 2.07 bits per heavy atom. The van der Waals surface area contributed by atoms with Gasteiger partial charge in [0.05, 0.1) is 0 Å². The van der Waals surface area contributed by atoms with E-state index in [9.17, 15) is 0 Å². The summed E-state index contributed by atoms with van der Waals surface area (Å²) < 4.78 is 0. The van der Waals surface area contributed by atoms with Crippen LogP contribution in [-0.2, 0) is 5.75 Å². The average molecular weight is 221 g/mol. The van der Waals surface area contributed by atoms with Gasteiger partial charge in [0.1, 0.15) is 0 Å². The Bertz CT molecular complexity index is 329. The lowest BCUT2D eigenvalue weighted by molar-refractivity contribution is 0.886. The van der Waals surface area contributed by atoms with Crippen LogP contribution in [0.5, 0.6) is 0 Å². The van der Waals surface area contributed by atoms with Crippen molar-refractivity contribution in [2.24, 2.45) is 0 Å². The van der Waals surface area contributed by atoms with Crippen LogP contribution < -0.4 is 5.73 Å². The van der Waals surface area contributed by atoms with Gasteiger partial charge in [0.25, 0.3) is 0 Å². The van der Waals surface area contributed by atoms with Gasteiger partial charge in [0.2, 0.25) is 0 Å². The molecular formula is C13H19NS. The van der Waals surface area contributed by atoms with E-state index in [-0.39, 0.29) is 0 Å². The third-order valence-electron chi connectivity index (χ3n) is 3.26. The van der Waals surface area contributed by atoms with Crippen LogP contribution in [0, 0.1) is 6.92 Å². The van der Waals surface area contributed by atoms with E-state index in [0.717, 1.165) is 16.7 Å². The maximum absolute atomic E-state index is 5.90. The van der Waals surface area contributed by atoms with Gasteiger partial charge in [-0.2, -0.15) is 11.8 Å². The van der Waals surface area contributed by atoms with Gasteiger partial charge in [-0.05, 0) is 37.0 Å². The zero-order valence-corrected chi connectivity index (χ0v) is 10.1. The van der Waals surface area contributed by atoms with Gasteiger partial charge in [0, 0.05) is 16.7 Å². The van der Waals surface area contributed by atoms with Crippen molar-refractivity contribution in [2.45, 2.75) is 43.6 Å². The van der Waals surface area contributed by atoms with Crippen LogP contribution in [0.1, 0.15) is 36.8 Å². The summed E-state index contributed by atoms with van der Waals surface area (Å²) in [7, 11) is 0. The molecule has 1 aromatic rings. The molecule has 0 bridgehead atoms. The first-order valence-corrected chi connectivity index (χ1v) is 6.78. The average Bonchev–Trinajstić information content (AvgIpc) is 2.73. The minimum atomic E-state index is 0.894. The van der Waals surface area contributed by atoms with Crippen LogP contribution in [0.4, 0.5) is 5.69 Å². The molecule has 0 spiro atoms. The van der Waals surface area contributed by atoms with Gasteiger partial charge in [0.15, 0.2) is 0 Å². The van der Waals surface area contributed by atoms with Crippen LogP contribution in [0.25, 0.3) is 0 Å². The van der Waals surface area contributed by atoms with Crippen molar-refractivity contribution in [1.82, 2.24) is 0 Å². The Hall–Kier alpha value is -0.630. The molecule has 2 N–H and O–H groups in total. The van der Waals surface area contributed by atoms with Crippen molar-refractivity contribution in [3.8, 4) is 0 Å². The van der Waals surface area contributed by atoms with Gasteiger partial charge < -0.3 is 5.73 Å². The molecular weight excluding hydrogens is 202 g/mol. The van der Waals surface area contributed by atoms with Gasteiger partial charge in [-0.1, -0.05) is 25.0 Å². The quantitative estimate of drug-likeness (QED) is 0.787. The minimum absolute atomic E-state index is 0.894. The second-order valence-electron chi connectivity index (χ2n) is 4.35. The highest BCUT2D eigenvalue weighted by Crippen LogP contribution is 2.32. The number of nitrogens with two attached hydrogens (primary N) is 1. The summed E-state index contributed by atoms with van der Waals surface area (Å²) in [6.07, 6.45) is 5.67. The summed E-state index contributed by atoms with van der Waals surface area (Å²) in [6.45, 7) is 2.12. The predicted octanol–water partition coefficient (Wildman–Crippen LogP) is 3.75. The molecule has 82 valence electrons. The lowest BCUT2D eigenvalue weighted by atomic mass is 10.1. The number of thioether (sulfide) groups is 1. The van der Waals surface area contributed by atoms with Crippen LogP contribution in [0.2, 0.25) is 0 Å². The Labute approximate surface area is 96.4 Å². The number of hydrogen-bond donors (Lipinski definition) is 1. The van der Waals surface area contributed by atoms with Crippen LogP contribution in [0.3, 0.4) is 0 Å². The molecule has 1 nitrogen and oxygen atoms in total. The van der Waals surface area contributed by atoms with E-state index in [2.05, 4.69) is 30.8 Å². The third kappa shape index (κ3) is 2.69. The first-order valence-electron chi connectivity index (χ1n) is 5.73. The van der Waals surface area contributed by atoms with Crippen molar-refractivity contribution in [3.05, 3.63) is 29.3 Å². The summed E-state index contributed by atoms with van der Waals surface area (Å²) in [5, 5.41) is 0.894. The maximum Gasteiger partial charge on any atom is 0.0346 e. The molecule has 1 fully saturated rings. The monoisotopic (exact) mass is 221 g/mol. The zero-order valence-electron chi connectivity index (χ0n) is 9.33. The highest BCUT2D eigenvalue weighted by Gasteiger charge is 2.15. The first-order chi connectivity index (χ1) is 7.27. The van der Waals surface area contributed by atoms with Crippen molar-refractivity contribution < 1.29 is 0 Å². The lowest BCUT2D eigenvalue weighted by Gasteiger charge is -2.11. The fraction of sp³-hybridized carbons (Fsp3) is 0.538. The summed E-state index contributed by atoms with van der Waals surface area (Å²) in [6, 6.07) is 6.25. The van der Waals surface area contributed by atoms with E-state index in [1.807, 2.05) is 6.07 Å². The van der Waals surface area contributed by atoms with Gasteiger partial charge in [-0.25, -0.2) is 0 Å². The number of anilines is 1. The molecule has 0 heterocycles. The molecule has 0 aromatic heterocycles. The molecule has 0 unspecified atom stereocenters. The SMILES string of the molecule is Cc1c(N)cccc1CSC1CCCC1. The number of benzene rings is 1. The smallest absolute Gasteiger partial charge is 0.0346 e. The maximum atomic E-state index is 5.90. The van der Waals surface area contributed by atoms with Gasteiger partial charge in [-0.15, -0.1) is 0 Å². The number of hydrogen-bond acceptors (Lipinski definition) is 2.